The van der Waals surface area contributed by atoms with Gasteiger partial charge in [0.05, 0.1) is 11.5 Å². The van der Waals surface area contributed by atoms with Gasteiger partial charge >= 0.3 is 0 Å². The third-order valence-electron chi connectivity index (χ3n) is 5.02. The second kappa shape index (κ2) is 13.0. The third kappa shape index (κ3) is 9.33. The van der Waals surface area contributed by atoms with Crippen molar-refractivity contribution >= 4 is 45.7 Å². The van der Waals surface area contributed by atoms with E-state index in [0.29, 0.717) is 25.3 Å². The Hall–Kier alpha value is -1.36. The van der Waals surface area contributed by atoms with Crippen LogP contribution in [0.4, 0.5) is 0 Å². The number of hydrogen-bond acceptors (Lipinski definition) is 4. The molecular weight excluding hydrogens is 503 g/mol. The van der Waals surface area contributed by atoms with Crippen molar-refractivity contribution in [2.24, 2.45) is 10.9 Å². The zero-order valence-corrected chi connectivity index (χ0v) is 20.4. The minimum Gasteiger partial charge on any atom is -0.359 e. The Bertz CT molecular complexity index is 748. The van der Waals surface area contributed by atoms with Gasteiger partial charge in [0.15, 0.2) is 15.8 Å². The lowest BCUT2D eigenvalue weighted by Crippen LogP contribution is -2.46. The monoisotopic (exact) mass is 536 g/mol. The standard InChI is InChI=1S/C20H32N4O3S.HI/c1-21-19(25)15-17-9-12-24(13-10-17)20(22-2)23-11-6-14-28(26,27)16-18-7-4-3-5-8-18;/h3-5,7-8,17H,6,9-16H2,1-2H3,(H,21,25)(H,22,23);1H. The van der Waals surface area contributed by atoms with Crippen molar-refractivity contribution in [3.63, 3.8) is 0 Å². The van der Waals surface area contributed by atoms with Crippen LogP contribution in [0.2, 0.25) is 0 Å². The molecule has 1 saturated heterocycles. The van der Waals surface area contributed by atoms with Crippen LogP contribution >= 0.6 is 24.0 Å². The number of aliphatic imine (C=N–C) groups is 1. The quantitative estimate of drug-likeness (QED) is 0.230. The molecule has 29 heavy (non-hydrogen) atoms. The topological polar surface area (TPSA) is 90.9 Å². The molecule has 1 aliphatic rings. The molecule has 0 radical (unpaired) electrons. The average Bonchev–Trinajstić information content (AvgIpc) is 2.69. The molecule has 0 spiro atoms. The van der Waals surface area contributed by atoms with Crippen LogP contribution in [0.1, 0.15) is 31.2 Å². The number of amides is 1. The number of sulfone groups is 1. The smallest absolute Gasteiger partial charge is 0.220 e. The summed E-state index contributed by atoms with van der Waals surface area (Å²) in [5.74, 6) is 1.55. The predicted molar refractivity (Wildman–Crippen MR) is 128 cm³/mol. The number of carbonyl (C=O) groups is 1. The van der Waals surface area contributed by atoms with E-state index < -0.39 is 9.84 Å². The molecule has 164 valence electrons. The number of benzene rings is 1. The van der Waals surface area contributed by atoms with Gasteiger partial charge in [-0.05, 0) is 30.7 Å². The number of halogens is 1. The van der Waals surface area contributed by atoms with E-state index in [4.69, 9.17) is 0 Å². The lowest BCUT2D eigenvalue weighted by Gasteiger charge is -2.34. The number of nitrogens with zero attached hydrogens (tertiary/aromatic N) is 2. The Labute approximate surface area is 191 Å². The molecular formula is C20H33IN4O3S. The molecule has 7 nitrogen and oxygen atoms in total. The summed E-state index contributed by atoms with van der Waals surface area (Å²) in [7, 11) is 0.294. The van der Waals surface area contributed by atoms with E-state index in [0.717, 1.165) is 37.5 Å². The molecule has 1 aromatic carbocycles. The number of rotatable bonds is 8. The second-order valence-electron chi connectivity index (χ2n) is 7.21. The molecule has 1 amide bonds. The first-order valence-electron chi connectivity index (χ1n) is 9.84. The molecule has 0 aliphatic carbocycles. The Morgan fingerprint density at radius 2 is 1.86 bits per heavy atom. The van der Waals surface area contributed by atoms with E-state index in [1.807, 2.05) is 30.3 Å². The molecule has 0 unspecified atom stereocenters. The molecule has 1 aromatic rings. The van der Waals surface area contributed by atoms with Crippen LogP contribution in [-0.2, 0) is 20.4 Å². The number of carbonyl (C=O) groups excluding carboxylic acids is 1. The maximum absolute atomic E-state index is 12.3. The van der Waals surface area contributed by atoms with Crippen molar-refractivity contribution in [1.29, 1.82) is 0 Å². The van der Waals surface area contributed by atoms with Crippen molar-refractivity contribution < 1.29 is 13.2 Å². The number of hydrogen-bond donors (Lipinski definition) is 2. The maximum Gasteiger partial charge on any atom is 0.220 e. The summed E-state index contributed by atoms with van der Waals surface area (Å²) < 4.78 is 24.5. The molecule has 1 aliphatic heterocycles. The van der Waals surface area contributed by atoms with Crippen molar-refractivity contribution in [2.75, 3.05) is 39.5 Å². The molecule has 1 heterocycles. The Kier molecular flexibility index (Phi) is 11.6. The first kappa shape index (κ1) is 25.7. The van der Waals surface area contributed by atoms with Gasteiger partial charge in [-0.15, -0.1) is 24.0 Å². The van der Waals surface area contributed by atoms with Gasteiger partial charge in [0, 0.05) is 40.2 Å². The van der Waals surface area contributed by atoms with Crippen molar-refractivity contribution in [3.8, 4) is 0 Å². The van der Waals surface area contributed by atoms with Gasteiger partial charge in [0.25, 0.3) is 0 Å². The summed E-state index contributed by atoms with van der Waals surface area (Å²) in [6.45, 7) is 2.28. The second-order valence-corrected chi connectivity index (χ2v) is 9.40. The van der Waals surface area contributed by atoms with E-state index in [1.165, 1.54) is 0 Å². The SMILES string of the molecule is CN=C(NCCCS(=O)(=O)Cc1ccccc1)N1CCC(CC(=O)NC)CC1.I. The lowest BCUT2D eigenvalue weighted by atomic mass is 9.93. The van der Waals surface area contributed by atoms with Crippen LogP contribution in [0.3, 0.4) is 0 Å². The van der Waals surface area contributed by atoms with Gasteiger partial charge in [-0.2, -0.15) is 0 Å². The highest BCUT2D eigenvalue weighted by Gasteiger charge is 2.23. The number of likely N-dealkylation sites (tertiary alicyclic amines) is 1. The highest BCUT2D eigenvalue weighted by Crippen LogP contribution is 2.20. The van der Waals surface area contributed by atoms with E-state index in [2.05, 4.69) is 20.5 Å². The van der Waals surface area contributed by atoms with E-state index >= 15 is 0 Å². The van der Waals surface area contributed by atoms with Crippen molar-refractivity contribution in [1.82, 2.24) is 15.5 Å². The van der Waals surface area contributed by atoms with Crippen LogP contribution < -0.4 is 10.6 Å². The zero-order valence-electron chi connectivity index (χ0n) is 17.3. The molecule has 0 atom stereocenters. The normalized spacial score (nSPS) is 15.5. The highest BCUT2D eigenvalue weighted by atomic mass is 127. The fraction of sp³-hybridized carbons (Fsp3) is 0.600. The molecule has 1 fully saturated rings. The Morgan fingerprint density at radius 3 is 2.45 bits per heavy atom. The third-order valence-corrected chi connectivity index (χ3v) is 6.71. The van der Waals surface area contributed by atoms with Gasteiger partial charge < -0.3 is 15.5 Å². The molecule has 2 rings (SSSR count). The highest BCUT2D eigenvalue weighted by molar-refractivity contribution is 14.0. The number of guanidine groups is 1. The van der Waals surface area contributed by atoms with Crippen molar-refractivity contribution in [3.05, 3.63) is 35.9 Å². The molecule has 0 saturated carbocycles. The van der Waals surface area contributed by atoms with Crippen LogP contribution in [0.25, 0.3) is 0 Å². The van der Waals surface area contributed by atoms with E-state index in [9.17, 15) is 13.2 Å². The number of piperidine rings is 1. The van der Waals surface area contributed by atoms with Gasteiger partial charge in [-0.1, -0.05) is 30.3 Å². The van der Waals surface area contributed by atoms with Gasteiger partial charge in [-0.3, -0.25) is 9.79 Å². The van der Waals surface area contributed by atoms with Crippen LogP contribution in [0.5, 0.6) is 0 Å². The average molecular weight is 536 g/mol. The minimum atomic E-state index is -3.12. The predicted octanol–water partition coefficient (Wildman–Crippen LogP) is 2.03. The van der Waals surface area contributed by atoms with Crippen LogP contribution in [0, 0.1) is 5.92 Å². The van der Waals surface area contributed by atoms with Gasteiger partial charge in [0.1, 0.15) is 0 Å². The van der Waals surface area contributed by atoms with Gasteiger partial charge in [-0.25, -0.2) is 8.42 Å². The molecule has 0 aromatic heterocycles. The number of nitrogens with one attached hydrogen (secondary N) is 2. The minimum absolute atomic E-state index is 0. The fourth-order valence-electron chi connectivity index (χ4n) is 3.44. The molecule has 0 bridgehead atoms. The maximum atomic E-state index is 12.3. The summed E-state index contributed by atoms with van der Waals surface area (Å²) in [6.07, 6.45) is 3.04. The first-order valence-corrected chi connectivity index (χ1v) is 11.7. The Balaban J connectivity index is 0.00000420. The summed E-state index contributed by atoms with van der Waals surface area (Å²) in [6, 6.07) is 9.27. The molecule has 2 N–H and O–H groups in total. The summed E-state index contributed by atoms with van der Waals surface area (Å²) >= 11 is 0. The summed E-state index contributed by atoms with van der Waals surface area (Å²) in [5, 5.41) is 5.96. The molecule has 9 heteroatoms. The van der Waals surface area contributed by atoms with Gasteiger partial charge in [0.2, 0.25) is 5.91 Å². The summed E-state index contributed by atoms with van der Waals surface area (Å²) in [4.78, 5) is 18.0. The van der Waals surface area contributed by atoms with Crippen LogP contribution in [0.15, 0.2) is 35.3 Å². The van der Waals surface area contributed by atoms with E-state index in [-0.39, 0.29) is 41.4 Å². The van der Waals surface area contributed by atoms with E-state index in [1.54, 1.807) is 14.1 Å². The summed E-state index contributed by atoms with van der Waals surface area (Å²) in [5.41, 5.74) is 0.825. The van der Waals surface area contributed by atoms with Crippen molar-refractivity contribution in [2.45, 2.75) is 31.4 Å². The Morgan fingerprint density at radius 1 is 1.21 bits per heavy atom. The first-order chi connectivity index (χ1) is 13.4. The largest absolute Gasteiger partial charge is 0.359 e. The fourth-order valence-corrected chi connectivity index (χ4v) is 4.87. The lowest BCUT2D eigenvalue weighted by molar-refractivity contribution is -0.121. The van der Waals surface area contributed by atoms with Crippen LogP contribution in [-0.4, -0.2) is 64.7 Å². The zero-order chi connectivity index (χ0) is 20.4.